The van der Waals surface area contributed by atoms with Gasteiger partial charge in [0.2, 0.25) is 0 Å². The van der Waals surface area contributed by atoms with E-state index in [2.05, 4.69) is 43.9 Å². The molecule has 0 radical (unpaired) electrons. The predicted octanol–water partition coefficient (Wildman–Crippen LogP) is 2.93. The fraction of sp³-hybridized carbons (Fsp3) is 0.308. The number of rotatable bonds is 1. The van der Waals surface area contributed by atoms with E-state index >= 15 is 0 Å². The van der Waals surface area contributed by atoms with Gasteiger partial charge in [0, 0.05) is 12.5 Å². The molecular weight excluding hydrogens is 204 g/mol. The Hall–Kier alpha value is -1.20. The van der Waals surface area contributed by atoms with Crippen LogP contribution in [-0.2, 0) is 4.79 Å². The first-order chi connectivity index (χ1) is 7.08. The minimum Gasteiger partial charge on any atom is -0.288 e. The molecule has 0 spiro atoms. The standard InChI is InChI=1S/C13H14OS/c1-10-7-11(2)9-13(8-10)5-4-6-15-12(3)14/h7-9H,6H2,1-3H3. The average molecular weight is 218 g/mol. The van der Waals surface area contributed by atoms with Crippen LogP contribution in [0.5, 0.6) is 0 Å². The molecule has 0 bridgehead atoms. The Morgan fingerprint density at radius 2 is 1.87 bits per heavy atom. The Kier molecular flexibility index (Phi) is 4.45. The molecule has 0 aliphatic rings. The van der Waals surface area contributed by atoms with Gasteiger partial charge in [-0.2, -0.15) is 0 Å². The third-order valence-electron chi connectivity index (χ3n) is 1.80. The number of carbonyl (C=O) groups is 1. The summed E-state index contributed by atoms with van der Waals surface area (Å²) >= 11 is 1.25. The van der Waals surface area contributed by atoms with Gasteiger partial charge >= 0.3 is 0 Å². The third kappa shape index (κ3) is 4.71. The molecule has 2 heteroatoms. The van der Waals surface area contributed by atoms with E-state index in [1.807, 2.05) is 0 Å². The summed E-state index contributed by atoms with van der Waals surface area (Å²) < 4.78 is 0. The van der Waals surface area contributed by atoms with Crippen molar-refractivity contribution >= 4 is 16.9 Å². The molecule has 0 aromatic heterocycles. The summed E-state index contributed by atoms with van der Waals surface area (Å²) in [5.74, 6) is 6.61. The van der Waals surface area contributed by atoms with Crippen molar-refractivity contribution in [3.8, 4) is 11.8 Å². The molecule has 78 valence electrons. The zero-order valence-corrected chi connectivity index (χ0v) is 10.1. The van der Waals surface area contributed by atoms with E-state index in [4.69, 9.17) is 0 Å². The fourth-order valence-corrected chi connectivity index (χ4v) is 1.67. The molecule has 0 fully saturated rings. The average Bonchev–Trinajstić information content (AvgIpc) is 2.10. The van der Waals surface area contributed by atoms with Gasteiger partial charge in [0.1, 0.15) is 0 Å². The molecule has 0 aliphatic heterocycles. The number of aryl methyl sites for hydroxylation is 2. The van der Waals surface area contributed by atoms with E-state index in [0.29, 0.717) is 5.75 Å². The van der Waals surface area contributed by atoms with Gasteiger partial charge in [0.15, 0.2) is 5.12 Å². The Morgan fingerprint density at radius 3 is 2.40 bits per heavy atom. The van der Waals surface area contributed by atoms with Gasteiger partial charge in [0.05, 0.1) is 5.75 Å². The molecule has 1 aromatic carbocycles. The summed E-state index contributed by atoms with van der Waals surface area (Å²) in [6.45, 7) is 5.67. The Labute approximate surface area is 95.3 Å². The van der Waals surface area contributed by atoms with Gasteiger partial charge in [-0.3, -0.25) is 4.79 Å². The van der Waals surface area contributed by atoms with Gasteiger partial charge < -0.3 is 0 Å². The molecule has 0 amide bonds. The van der Waals surface area contributed by atoms with E-state index in [1.165, 1.54) is 22.9 Å². The van der Waals surface area contributed by atoms with Gasteiger partial charge in [-0.15, -0.1) is 0 Å². The lowest BCUT2D eigenvalue weighted by molar-refractivity contribution is -0.109. The normalized spacial score (nSPS) is 9.27. The summed E-state index contributed by atoms with van der Waals surface area (Å²) in [5, 5.41) is 0.115. The Bertz CT molecular complexity index is 404. The van der Waals surface area contributed by atoms with Crippen molar-refractivity contribution < 1.29 is 4.79 Å². The maximum absolute atomic E-state index is 10.7. The highest BCUT2D eigenvalue weighted by molar-refractivity contribution is 8.13. The quantitative estimate of drug-likeness (QED) is 0.674. The summed E-state index contributed by atoms with van der Waals surface area (Å²) in [5.41, 5.74) is 3.47. The van der Waals surface area contributed by atoms with E-state index in [0.717, 1.165) is 5.56 Å². The summed E-state index contributed by atoms with van der Waals surface area (Å²) in [7, 11) is 0. The van der Waals surface area contributed by atoms with Crippen LogP contribution in [0.15, 0.2) is 18.2 Å². The lowest BCUT2D eigenvalue weighted by Gasteiger charge is -1.97. The fourth-order valence-electron chi connectivity index (χ4n) is 1.32. The van der Waals surface area contributed by atoms with Gasteiger partial charge in [-0.25, -0.2) is 0 Å². The Balaban J connectivity index is 2.67. The second-order valence-electron chi connectivity index (χ2n) is 3.46. The zero-order chi connectivity index (χ0) is 11.3. The molecule has 0 saturated carbocycles. The molecule has 15 heavy (non-hydrogen) atoms. The smallest absolute Gasteiger partial charge is 0.186 e. The van der Waals surface area contributed by atoms with E-state index in [1.54, 1.807) is 6.92 Å². The number of benzene rings is 1. The van der Waals surface area contributed by atoms with Crippen molar-refractivity contribution in [1.29, 1.82) is 0 Å². The van der Waals surface area contributed by atoms with Crippen molar-refractivity contribution in [3.63, 3.8) is 0 Å². The van der Waals surface area contributed by atoms with E-state index in [-0.39, 0.29) is 5.12 Å². The van der Waals surface area contributed by atoms with E-state index < -0.39 is 0 Å². The van der Waals surface area contributed by atoms with Crippen LogP contribution in [0, 0.1) is 25.7 Å². The van der Waals surface area contributed by atoms with Crippen molar-refractivity contribution in [2.45, 2.75) is 20.8 Å². The molecule has 1 rings (SSSR count). The summed E-state index contributed by atoms with van der Waals surface area (Å²) in [6, 6.07) is 6.23. The first-order valence-corrected chi connectivity index (χ1v) is 5.77. The maximum Gasteiger partial charge on any atom is 0.186 e. The minimum absolute atomic E-state index is 0.115. The number of hydrogen-bond donors (Lipinski definition) is 0. The molecule has 0 saturated heterocycles. The highest BCUT2D eigenvalue weighted by atomic mass is 32.2. The molecule has 1 nitrogen and oxygen atoms in total. The van der Waals surface area contributed by atoms with Crippen LogP contribution in [-0.4, -0.2) is 10.9 Å². The Morgan fingerprint density at radius 1 is 1.27 bits per heavy atom. The second kappa shape index (κ2) is 5.63. The summed E-state index contributed by atoms with van der Waals surface area (Å²) in [4.78, 5) is 10.7. The van der Waals surface area contributed by atoms with Crippen LogP contribution in [0.3, 0.4) is 0 Å². The topological polar surface area (TPSA) is 17.1 Å². The lowest BCUT2D eigenvalue weighted by atomic mass is 10.1. The number of carbonyl (C=O) groups excluding carboxylic acids is 1. The number of hydrogen-bond acceptors (Lipinski definition) is 2. The number of thioether (sulfide) groups is 1. The van der Waals surface area contributed by atoms with Crippen molar-refractivity contribution in [2.75, 3.05) is 5.75 Å². The lowest BCUT2D eigenvalue weighted by Crippen LogP contribution is -1.84. The zero-order valence-electron chi connectivity index (χ0n) is 9.26. The van der Waals surface area contributed by atoms with Crippen LogP contribution in [0.1, 0.15) is 23.6 Å². The second-order valence-corrected chi connectivity index (χ2v) is 4.61. The molecule has 0 atom stereocenters. The van der Waals surface area contributed by atoms with Gasteiger partial charge in [-0.05, 0) is 37.1 Å². The summed E-state index contributed by atoms with van der Waals surface area (Å²) in [6.07, 6.45) is 0. The molecule has 1 aromatic rings. The van der Waals surface area contributed by atoms with Crippen LogP contribution in [0.25, 0.3) is 0 Å². The van der Waals surface area contributed by atoms with Crippen LogP contribution in [0.2, 0.25) is 0 Å². The van der Waals surface area contributed by atoms with Gasteiger partial charge in [0.25, 0.3) is 0 Å². The monoisotopic (exact) mass is 218 g/mol. The minimum atomic E-state index is 0.115. The SMILES string of the molecule is CC(=O)SCC#Cc1cc(C)cc(C)c1. The molecule has 0 unspecified atom stereocenters. The van der Waals surface area contributed by atoms with Crippen molar-refractivity contribution in [2.24, 2.45) is 0 Å². The highest BCUT2D eigenvalue weighted by Gasteiger charge is 1.92. The highest BCUT2D eigenvalue weighted by Crippen LogP contribution is 2.07. The van der Waals surface area contributed by atoms with Crippen LogP contribution < -0.4 is 0 Å². The predicted molar refractivity (Wildman–Crippen MR) is 65.9 cm³/mol. The van der Waals surface area contributed by atoms with Crippen molar-refractivity contribution in [3.05, 3.63) is 34.9 Å². The largest absolute Gasteiger partial charge is 0.288 e. The van der Waals surface area contributed by atoms with Crippen molar-refractivity contribution in [1.82, 2.24) is 0 Å². The first-order valence-electron chi connectivity index (χ1n) is 4.78. The van der Waals surface area contributed by atoms with Gasteiger partial charge in [-0.1, -0.05) is 29.7 Å². The van der Waals surface area contributed by atoms with Crippen LogP contribution >= 0.6 is 11.8 Å². The molecule has 0 heterocycles. The van der Waals surface area contributed by atoms with Crippen LogP contribution in [0.4, 0.5) is 0 Å². The molecular formula is C13H14OS. The van der Waals surface area contributed by atoms with E-state index in [9.17, 15) is 4.79 Å². The molecule has 0 N–H and O–H groups in total. The molecule has 0 aliphatic carbocycles. The third-order valence-corrected chi connectivity index (χ3v) is 2.50. The first kappa shape index (κ1) is 11.9. The maximum atomic E-state index is 10.7.